The van der Waals surface area contributed by atoms with Crippen molar-refractivity contribution < 1.29 is 0 Å². The van der Waals surface area contributed by atoms with Crippen LogP contribution in [0.25, 0.3) is 0 Å². The first kappa shape index (κ1) is 12.7. The molecule has 0 bridgehead atoms. The molecule has 1 nitrogen and oxygen atoms in total. The Balaban J connectivity index is 2.18. The Hall–Kier alpha value is 0.590. The minimum atomic E-state index is 0.855. The standard InChI is InChI=1S/C10H19NS3/c1-3-11(4-2)10(12)14-13-9-7-5-6-8-9/h9H,3-8H2,1-2H3. The van der Waals surface area contributed by atoms with Gasteiger partial charge in [0, 0.05) is 18.3 Å². The summed E-state index contributed by atoms with van der Waals surface area (Å²) >= 11 is 5.38. The zero-order valence-corrected chi connectivity index (χ0v) is 11.4. The maximum absolute atomic E-state index is 5.38. The molecule has 0 radical (unpaired) electrons. The Morgan fingerprint density at radius 2 is 1.86 bits per heavy atom. The molecule has 1 rings (SSSR count). The molecule has 0 spiro atoms. The van der Waals surface area contributed by atoms with Gasteiger partial charge in [0.1, 0.15) is 4.32 Å². The van der Waals surface area contributed by atoms with Gasteiger partial charge >= 0.3 is 0 Å². The normalized spacial score (nSPS) is 17.3. The zero-order chi connectivity index (χ0) is 10.4. The molecule has 1 fully saturated rings. The number of thiocarbonyl (C=S) groups is 1. The second kappa shape index (κ2) is 6.96. The number of hydrogen-bond acceptors (Lipinski definition) is 3. The summed E-state index contributed by atoms with van der Waals surface area (Å²) in [5.74, 6) is 0. The van der Waals surface area contributed by atoms with Crippen molar-refractivity contribution in [1.29, 1.82) is 0 Å². The molecule has 0 saturated heterocycles. The van der Waals surface area contributed by atoms with Crippen molar-refractivity contribution in [2.24, 2.45) is 0 Å². The van der Waals surface area contributed by atoms with Crippen LogP contribution in [0.3, 0.4) is 0 Å². The van der Waals surface area contributed by atoms with Crippen LogP contribution in [-0.4, -0.2) is 27.6 Å². The van der Waals surface area contributed by atoms with Crippen molar-refractivity contribution in [3.63, 3.8) is 0 Å². The van der Waals surface area contributed by atoms with Gasteiger partial charge in [-0.15, -0.1) is 0 Å². The summed E-state index contributed by atoms with van der Waals surface area (Å²) in [5.41, 5.74) is 0. The highest BCUT2D eigenvalue weighted by molar-refractivity contribution is 8.83. The largest absolute Gasteiger partial charge is 0.357 e. The lowest BCUT2D eigenvalue weighted by atomic mass is 10.4. The first-order valence-corrected chi connectivity index (χ1v) is 8.02. The smallest absolute Gasteiger partial charge is 0.147 e. The summed E-state index contributed by atoms with van der Waals surface area (Å²) in [6, 6.07) is 0. The quantitative estimate of drug-likeness (QED) is 0.548. The van der Waals surface area contributed by atoms with Crippen LogP contribution in [0, 0.1) is 0 Å². The third-order valence-corrected chi connectivity index (χ3v) is 6.22. The van der Waals surface area contributed by atoms with Crippen molar-refractivity contribution in [3.05, 3.63) is 0 Å². The Kier molecular flexibility index (Phi) is 6.29. The molecule has 0 aromatic rings. The van der Waals surface area contributed by atoms with Crippen molar-refractivity contribution in [3.8, 4) is 0 Å². The van der Waals surface area contributed by atoms with Crippen LogP contribution in [0.4, 0.5) is 0 Å². The van der Waals surface area contributed by atoms with Crippen LogP contribution in [0.2, 0.25) is 0 Å². The zero-order valence-electron chi connectivity index (χ0n) is 8.99. The lowest BCUT2D eigenvalue weighted by molar-refractivity contribution is 0.482. The average molecular weight is 249 g/mol. The van der Waals surface area contributed by atoms with E-state index in [1.165, 1.54) is 25.7 Å². The summed E-state index contributed by atoms with van der Waals surface area (Å²) < 4.78 is 1.06. The van der Waals surface area contributed by atoms with E-state index in [-0.39, 0.29) is 0 Å². The fraction of sp³-hybridized carbons (Fsp3) is 0.900. The van der Waals surface area contributed by atoms with Gasteiger partial charge in [0.05, 0.1) is 0 Å². The van der Waals surface area contributed by atoms with Crippen LogP contribution >= 0.6 is 33.8 Å². The van der Waals surface area contributed by atoms with Gasteiger partial charge in [0.2, 0.25) is 0 Å². The fourth-order valence-corrected chi connectivity index (χ4v) is 4.90. The van der Waals surface area contributed by atoms with E-state index in [2.05, 4.69) is 18.7 Å². The Bertz CT molecular complexity index is 174. The van der Waals surface area contributed by atoms with Gasteiger partial charge in [0.25, 0.3) is 0 Å². The molecule has 14 heavy (non-hydrogen) atoms. The summed E-state index contributed by atoms with van der Waals surface area (Å²) in [7, 11) is 3.79. The van der Waals surface area contributed by atoms with Crippen molar-refractivity contribution in [1.82, 2.24) is 4.90 Å². The molecule has 0 aromatic carbocycles. The summed E-state index contributed by atoms with van der Waals surface area (Å²) in [6.07, 6.45) is 5.60. The van der Waals surface area contributed by atoms with Crippen molar-refractivity contribution in [2.45, 2.75) is 44.8 Å². The molecule has 82 valence electrons. The molecular weight excluding hydrogens is 230 g/mol. The van der Waals surface area contributed by atoms with E-state index >= 15 is 0 Å². The maximum Gasteiger partial charge on any atom is 0.147 e. The van der Waals surface area contributed by atoms with Crippen LogP contribution in [-0.2, 0) is 0 Å². The van der Waals surface area contributed by atoms with Crippen LogP contribution in [0.1, 0.15) is 39.5 Å². The topological polar surface area (TPSA) is 3.24 Å². The van der Waals surface area contributed by atoms with E-state index in [1.807, 2.05) is 10.8 Å². The van der Waals surface area contributed by atoms with Gasteiger partial charge in [0.15, 0.2) is 0 Å². The SMILES string of the molecule is CCN(CC)C(=S)SSC1CCCC1. The van der Waals surface area contributed by atoms with Crippen molar-refractivity contribution >= 4 is 38.1 Å². The van der Waals surface area contributed by atoms with Gasteiger partial charge in [-0.1, -0.05) is 35.9 Å². The fourth-order valence-electron chi connectivity index (χ4n) is 1.63. The molecule has 0 N–H and O–H groups in total. The van der Waals surface area contributed by atoms with Crippen LogP contribution in [0.15, 0.2) is 0 Å². The maximum atomic E-state index is 5.38. The number of nitrogens with zero attached hydrogens (tertiary/aromatic N) is 1. The molecule has 0 amide bonds. The predicted molar refractivity (Wildman–Crippen MR) is 73.0 cm³/mol. The highest BCUT2D eigenvalue weighted by Gasteiger charge is 2.17. The second-order valence-electron chi connectivity index (χ2n) is 3.52. The lowest BCUT2D eigenvalue weighted by Crippen LogP contribution is -2.26. The molecule has 0 heterocycles. The molecule has 0 aliphatic heterocycles. The van der Waals surface area contributed by atoms with E-state index in [9.17, 15) is 0 Å². The van der Waals surface area contributed by atoms with Gasteiger partial charge in [-0.05, 0) is 37.5 Å². The Labute approximate surface area is 101 Å². The van der Waals surface area contributed by atoms with Crippen LogP contribution < -0.4 is 0 Å². The molecule has 0 atom stereocenters. The highest BCUT2D eigenvalue weighted by atomic mass is 33.1. The Morgan fingerprint density at radius 1 is 1.29 bits per heavy atom. The Morgan fingerprint density at radius 3 is 2.36 bits per heavy atom. The first-order valence-electron chi connectivity index (χ1n) is 5.40. The molecule has 1 aliphatic carbocycles. The lowest BCUT2D eigenvalue weighted by Gasteiger charge is -2.21. The highest BCUT2D eigenvalue weighted by Crippen LogP contribution is 2.38. The monoisotopic (exact) mass is 249 g/mol. The number of hydrogen-bond donors (Lipinski definition) is 0. The summed E-state index contributed by atoms with van der Waals surface area (Å²) in [4.78, 5) is 2.25. The molecule has 0 unspecified atom stereocenters. The first-order chi connectivity index (χ1) is 6.77. The van der Waals surface area contributed by atoms with Gasteiger partial charge in [-0.3, -0.25) is 0 Å². The van der Waals surface area contributed by atoms with Gasteiger partial charge in [-0.25, -0.2) is 0 Å². The molecular formula is C10H19NS3. The minimum absolute atomic E-state index is 0.855. The molecule has 0 aromatic heterocycles. The third kappa shape index (κ3) is 3.99. The van der Waals surface area contributed by atoms with Crippen molar-refractivity contribution in [2.75, 3.05) is 13.1 Å². The van der Waals surface area contributed by atoms with E-state index < -0.39 is 0 Å². The van der Waals surface area contributed by atoms with E-state index in [1.54, 1.807) is 10.8 Å². The summed E-state index contributed by atoms with van der Waals surface area (Å²) in [6.45, 7) is 6.40. The molecule has 1 saturated carbocycles. The van der Waals surface area contributed by atoms with Crippen LogP contribution in [0.5, 0.6) is 0 Å². The van der Waals surface area contributed by atoms with E-state index in [0.29, 0.717) is 0 Å². The third-order valence-electron chi connectivity index (χ3n) is 2.58. The van der Waals surface area contributed by atoms with Gasteiger partial charge in [-0.2, -0.15) is 0 Å². The van der Waals surface area contributed by atoms with Gasteiger partial charge < -0.3 is 4.90 Å². The summed E-state index contributed by atoms with van der Waals surface area (Å²) in [5, 5.41) is 0.855. The number of rotatable bonds is 4. The molecule has 4 heteroatoms. The molecule has 1 aliphatic rings. The minimum Gasteiger partial charge on any atom is -0.357 e. The van der Waals surface area contributed by atoms with E-state index in [4.69, 9.17) is 12.2 Å². The van der Waals surface area contributed by atoms with E-state index in [0.717, 1.165) is 22.7 Å². The predicted octanol–water partition coefficient (Wildman–Crippen LogP) is 3.94. The average Bonchev–Trinajstić information content (AvgIpc) is 2.69. The second-order valence-corrected chi connectivity index (χ2v) is 6.66.